The van der Waals surface area contributed by atoms with E-state index in [4.69, 9.17) is 17.0 Å². The van der Waals surface area contributed by atoms with E-state index >= 15 is 0 Å². The van der Waals surface area contributed by atoms with Crippen LogP contribution in [0.5, 0.6) is 0 Å². The van der Waals surface area contributed by atoms with Crippen molar-refractivity contribution in [3.8, 4) is 11.8 Å². The van der Waals surface area contributed by atoms with E-state index in [2.05, 4.69) is 30.1 Å². The molecule has 0 amide bonds. The molecule has 22 heavy (non-hydrogen) atoms. The number of aryl methyl sites for hydroxylation is 1. The average Bonchev–Trinajstić information content (AvgIpc) is 2.56. The molecular weight excluding hydrogens is 290 g/mol. The van der Waals surface area contributed by atoms with Crippen LogP contribution in [-0.2, 0) is 11.2 Å². The number of nitrogens with one attached hydrogen (secondary N) is 1. The third-order valence-corrected chi connectivity index (χ3v) is 3.32. The molecule has 2 rings (SSSR count). The van der Waals surface area contributed by atoms with Gasteiger partial charge in [0.05, 0.1) is 0 Å². The number of anilines is 1. The fraction of sp³-hybridized carbons (Fsp3) is 0.211. The van der Waals surface area contributed by atoms with Crippen LogP contribution in [0, 0.1) is 11.8 Å². The Morgan fingerprint density at radius 3 is 2.59 bits per heavy atom. The van der Waals surface area contributed by atoms with Gasteiger partial charge in [0.1, 0.15) is 6.61 Å². The minimum absolute atomic E-state index is 0.391. The number of ether oxygens (including phenoxy) is 1. The monoisotopic (exact) mass is 309 g/mol. The first-order chi connectivity index (χ1) is 10.8. The van der Waals surface area contributed by atoms with Crippen LogP contribution in [-0.4, -0.2) is 11.8 Å². The van der Waals surface area contributed by atoms with Gasteiger partial charge < -0.3 is 10.1 Å². The van der Waals surface area contributed by atoms with Crippen molar-refractivity contribution in [1.29, 1.82) is 0 Å². The van der Waals surface area contributed by atoms with E-state index in [9.17, 15) is 0 Å². The van der Waals surface area contributed by atoms with Crippen molar-refractivity contribution < 1.29 is 4.74 Å². The van der Waals surface area contributed by atoms with Crippen molar-refractivity contribution >= 4 is 23.1 Å². The second kappa shape index (κ2) is 8.86. The lowest BCUT2D eigenvalue weighted by Gasteiger charge is -2.11. The summed E-state index contributed by atoms with van der Waals surface area (Å²) in [5, 5.41) is 3.52. The fourth-order valence-corrected chi connectivity index (χ4v) is 2.17. The molecule has 2 nitrogen and oxygen atoms in total. The quantitative estimate of drug-likeness (QED) is 0.514. The number of benzene rings is 2. The van der Waals surface area contributed by atoms with Crippen molar-refractivity contribution in [1.82, 2.24) is 0 Å². The standard InChI is InChI=1S/C19H19NOS/c1-2-17-13-6-7-14-18(17)20-19(22)21-15-9-8-12-16-10-4-3-5-11-16/h3-7,10-11,13-14H,2,9,15H2,1H3,(H,20,22). The fourth-order valence-electron chi connectivity index (χ4n) is 1.98. The highest BCUT2D eigenvalue weighted by atomic mass is 32.1. The molecule has 0 aliphatic heterocycles. The Morgan fingerprint density at radius 2 is 1.82 bits per heavy atom. The van der Waals surface area contributed by atoms with Crippen LogP contribution in [0.25, 0.3) is 0 Å². The van der Waals surface area contributed by atoms with E-state index in [1.165, 1.54) is 5.56 Å². The number of thiocarbonyl (C=S) groups is 1. The number of para-hydroxylation sites is 1. The van der Waals surface area contributed by atoms with Crippen molar-refractivity contribution in [3.05, 3.63) is 65.7 Å². The van der Waals surface area contributed by atoms with Crippen LogP contribution < -0.4 is 5.32 Å². The van der Waals surface area contributed by atoms with E-state index in [0.29, 0.717) is 18.2 Å². The van der Waals surface area contributed by atoms with Crippen molar-refractivity contribution in [2.45, 2.75) is 19.8 Å². The molecule has 0 saturated heterocycles. The van der Waals surface area contributed by atoms with Gasteiger partial charge in [0, 0.05) is 17.7 Å². The number of rotatable bonds is 4. The Bertz CT molecular complexity index is 671. The zero-order valence-electron chi connectivity index (χ0n) is 12.6. The summed E-state index contributed by atoms with van der Waals surface area (Å²) < 4.78 is 5.50. The molecule has 0 saturated carbocycles. The maximum Gasteiger partial charge on any atom is 0.261 e. The summed E-state index contributed by atoms with van der Waals surface area (Å²) in [6, 6.07) is 18.0. The molecule has 0 aromatic heterocycles. The first kappa shape index (κ1) is 16.1. The van der Waals surface area contributed by atoms with Crippen molar-refractivity contribution in [2.24, 2.45) is 0 Å². The molecule has 0 unspecified atom stereocenters. The Balaban J connectivity index is 1.76. The second-order valence-corrected chi connectivity index (χ2v) is 5.06. The lowest BCUT2D eigenvalue weighted by atomic mass is 10.1. The lowest BCUT2D eigenvalue weighted by Crippen LogP contribution is -2.14. The first-order valence-electron chi connectivity index (χ1n) is 7.35. The largest absolute Gasteiger partial charge is 0.470 e. The van der Waals surface area contributed by atoms with Gasteiger partial charge in [-0.2, -0.15) is 0 Å². The minimum Gasteiger partial charge on any atom is -0.470 e. The summed E-state index contributed by atoms with van der Waals surface area (Å²) in [5.41, 5.74) is 3.24. The van der Waals surface area contributed by atoms with Gasteiger partial charge in [-0.05, 0) is 42.4 Å². The zero-order valence-corrected chi connectivity index (χ0v) is 13.5. The van der Waals surface area contributed by atoms with Gasteiger partial charge in [-0.15, -0.1) is 0 Å². The second-order valence-electron chi connectivity index (χ2n) is 4.69. The van der Waals surface area contributed by atoms with E-state index in [-0.39, 0.29) is 0 Å². The van der Waals surface area contributed by atoms with Crippen LogP contribution in [0.1, 0.15) is 24.5 Å². The van der Waals surface area contributed by atoms with Crippen LogP contribution in [0.4, 0.5) is 5.69 Å². The summed E-state index contributed by atoms with van der Waals surface area (Å²) in [7, 11) is 0. The minimum atomic E-state index is 0.391. The summed E-state index contributed by atoms with van der Waals surface area (Å²) in [5.74, 6) is 6.17. The molecule has 0 radical (unpaired) electrons. The molecule has 0 atom stereocenters. The maximum absolute atomic E-state index is 5.50. The van der Waals surface area contributed by atoms with Gasteiger partial charge in [-0.3, -0.25) is 0 Å². The summed E-state index contributed by atoms with van der Waals surface area (Å²) in [4.78, 5) is 0. The molecule has 0 heterocycles. The molecule has 0 aliphatic carbocycles. The molecular formula is C19H19NOS. The lowest BCUT2D eigenvalue weighted by molar-refractivity contribution is 0.322. The number of hydrogen-bond donors (Lipinski definition) is 1. The van der Waals surface area contributed by atoms with E-state index < -0.39 is 0 Å². The van der Waals surface area contributed by atoms with Gasteiger partial charge in [-0.1, -0.05) is 55.2 Å². The van der Waals surface area contributed by atoms with E-state index in [0.717, 1.165) is 17.7 Å². The van der Waals surface area contributed by atoms with E-state index in [1.807, 2.05) is 48.5 Å². The molecule has 112 valence electrons. The molecule has 0 spiro atoms. The summed E-state index contributed by atoms with van der Waals surface area (Å²) in [6.07, 6.45) is 1.60. The molecule has 2 aromatic carbocycles. The van der Waals surface area contributed by atoms with Crippen molar-refractivity contribution in [2.75, 3.05) is 11.9 Å². The van der Waals surface area contributed by atoms with Crippen molar-refractivity contribution in [3.63, 3.8) is 0 Å². The van der Waals surface area contributed by atoms with Gasteiger partial charge in [0.25, 0.3) is 5.17 Å². The Kier molecular flexibility index (Phi) is 6.47. The van der Waals surface area contributed by atoms with Gasteiger partial charge in [0.15, 0.2) is 0 Å². The zero-order chi connectivity index (χ0) is 15.6. The van der Waals surface area contributed by atoms with Crippen LogP contribution in [0.2, 0.25) is 0 Å². The molecule has 3 heteroatoms. The van der Waals surface area contributed by atoms with Crippen LogP contribution in [0.3, 0.4) is 0 Å². The molecule has 2 aromatic rings. The third-order valence-electron chi connectivity index (χ3n) is 3.10. The average molecular weight is 309 g/mol. The molecule has 0 aliphatic rings. The maximum atomic E-state index is 5.50. The Hall–Kier alpha value is -2.31. The third kappa shape index (κ3) is 5.23. The summed E-state index contributed by atoms with van der Waals surface area (Å²) >= 11 is 5.21. The predicted octanol–water partition coefficient (Wildman–Crippen LogP) is 4.40. The summed E-state index contributed by atoms with van der Waals surface area (Å²) in [6.45, 7) is 2.60. The highest BCUT2D eigenvalue weighted by Crippen LogP contribution is 2.15. The van der Waals surface area contributed by atoms with Gasteiger partial charge >= 0.3 is 0 Å². The van der Waals surface area contributed by atoms with Crippen LogP contribution in [0.15, 0.2) is 54.6 Å². The smallest absolute Gasteiger partial charge is 0.261 e. The highest BCUT2D eigenvalue weighted by molar-refractivity contribution is 7.80. The first-order valence-corrected chi connectivity index (χ1v) is 7.76. The molecule has 0 bridgehead atoms. The predicted molar refractivity (Wildman–Crippen MR) is 95.9 cm³/mol. The highest BCUT2D eigenvalue weighted by Gasteiger charge is 2.02. The SMILES string of the molecule is CCc1ccccc1NC(=S)OCCC#Cc1ccccc1. The Labute approximate surface area is 137 Å². The van der Waals surface area contributed by atoms with Gasteiger partial charge in [-0.25, -0.2) is 0 Å². The normalized spacial score (nSPS) is 9.50. The Morgan fingerprint density at radius 1 is 1.09 bits per heavy atom. The van der Waals surface area contributed by atoms with Crippen LogP contribution >= 0.6 is 12.2 Å². The number of hydrogen-bond acceptors (Lipinski definition) is 2. The van der Waals surface area contributed by atoms with E-state index in [1.54, 1.807) is 0 Å². The molecule has 1 N–H and O–H groups in total. The topological polar surface area (TPSA) is 21.3 Å². The molecule has 0 fully saturated rings. The van der Waals surface area contributed by atoms with Gasteiger partial charge in [0.2, 0.25) is 0 Å².